The second kappa shape index (κ2) is 8.20. The summed E-state index contributed by atoms with van der Waals surface area (Å²) in [4.78, 5) is 34.2. The Hall–Kier alpha value is -2.23. The van der Waals surface area contributed by atoms with Crippen LogP contribution in [-0.4, -0.2) is 65.4 Å². The first kappa shape index (κ1) is 19.5. The van der Waals surface area contributed by atoms with E-state index in [1.807, 2.05) is 0 Å². The summed E-state index contributed by atoms with van der Waals surface area (Å²) in [6.07, 6.45) is 7.89. The van der Waals surface area contributed by atoms with Gasteiger partial charge >= 0.3 is 5.97 Å². The maximum atomic E-state index is 12.8. The van der Waals surface area contributed by atoms with Crippen molar-refractivity contribution < 1.29 is 22.7 Å². The Labute approximate surface area is 158 Å². The predicted octanol–water partition coefficient (Wildman–Crippen LogP) is 0.564. The third kappa shape index (κ3) is 4.74. The van der Waals surface area contributed by atoms with Gasteiger partial charge in [-0.05, 0) is 19.3 Å². The molecule has 27 heavy (non-hydrogen) atoms. The number of carbonyl (C=O) groups excluding carboxylic acids is 2. The minimum Gasteiger partial charge on any atom is -0.451 e. The van der Waals surface area contributed by atoms with Gasteiger partial charge in [-0.25, -0.2) is 23.2 Å². The van der Waals surface area contributed by atoms with Gasteiger partial charge in [0.1, 0.15) is 0 Å². The highest BCUT2D eigenvalue weighted by Crippen LogP contribution is 2.28. The summed E-state index contributed by atoms with van der Waals surface area (Å²) in [5.41, 5.74) is 5.46. The number of sulfone groups is 1. The van der Waals surface area contributed by atoms with Crippen molar-refractivity contribution in [2.75, 3.05) is 23.8 Å². The van der Waals surface area contributed by atoms with Gasteiger partial charge in [0.15, 0.2) is 28.0 Å². The van der Waals surface area contributed by atoms with Gasteiger partial charge in [-0.1, -0.05) is 19.3 Å². The quantitative estimate of drug-likeness (QED) is 0.714. The van der Waals surface area contributed by atoms with Crippen molar-refractivity contribution in [1.82, 2.24) is 14.9 Å². The fraction of sp³-hybridized carbons (Fsp3) is 0.647. The molecule has 1 aromatic heterocycles. The van der Waals surface area contributed by atoms with Gasteiger partial charge in [0.25, 0.3) is 5.91 Å². The lowest BCUT2D eigenvalue weighted by atomic mass is 9.93. The van der Waals surface area contributed by atoms with Gasteiger partial charge < -0.3 is 15.4 Å². The van der Waals surface area contributed by atoms with Crippen molar-refractivity contribution >= 4 is 27.5 Å². The van der Waals surface area contributed by atoms with Crippen LogP contribution in [0.25, 0.3) is 0 Å². The minimum absolute atomic E-state index is 0.00941. The van der Waals surface area contributed by atoms with E-state index in [0.29, 0.717) is 6.42 Å². The molecule has 0 radical (unpaired) electrons. The van der Waals surface area contributed by atoms with Crippen LogP contribution in [0.4, 0.5) is 5.82 Å². The van der Waals surface area contributed by atoms with E-state index in [2.05, 4.69) is 9.97 Å². The van der Waals surface area contributed by atoms with E-state index in [1.165, 1.54) is 12.4 Å². The molecule has 1 aromatic rings. The van der Waals surface area contributed by atoms with Crippen LogP contribution in [0.5, 0.6) is 0 Å². The maximum Gasteiger partial charge on any atom is 0.361 e. The number of amides is 1. The summed E-state index contributed by atoms with van der Waals surface area (Å²) in [6.45, 7) is -0.470. The van der Waals surface area contributed by atoms with Crippen LogP contribution in [0.1, 0.15) is 49.0 Å². The summed E-state index contributed by atoms with van der Waals surface area (Å²) in [7, 11) is -3.13. The average Bonchev–Trinajstić information content (AvgIpc) is 3.00. The Bertz CT molecular complexity index is 807. The van der Waals surface area contributed by atoms with E-state index in [9.17, 15) is 18.0 Å². The summed E-state index contributed by atoms with van der Waals surface area (Å²) in [5.74, 6) is -1.21. The molecule has 1 saturated carbocycles. The molecule has 1 amide bonds. The Morgan fingerprint density at radius 3 is 2.44 bits per heavy atom. The van der Waals surface area contributed by atoms with Gasteiger partial charge in [0.05, 0.1) is 11.5 Å². The van der Waals surface area contributed by atoms with Crippen LogP contribution in [0.15, 0.2) is 12.4 Å². The van der Waals surface area contributed by atoms with Crippen molar-refractivity contribution in [3.8, 4) is 0 Å². The second-order valence-electron chi connectivity index (χ2n) is 7.02. The van der Waals surface area contributed by atoms with E-state index in [0.717, 1.165) is 32.1 Å². The molecular weight excluding hydrogens is 372 g/mol. The number of aromatic nitrogens is 2. The number of ether oxygens (including phenoxy) is 1. The predicted molar refractivity (Wildman–Crippen MR) is 97.5 cm³/mol. The number of esters is 1. The molecule has 0 spiro atoms. The molecule has 148 valence electrons. The normalized spacial score (nSPS) is 22.3. The molecule has 2 fully saturated rings. The van der Waals surface area contributed by atoms with Crippen molar-refractivity contribution in [2.45, 2.75) is 50.6 Å². The van der Waals surface area contributed by atoms with Crippen LogP contribution >= 0.6 is 0 Å². The fourth-order valence-corrected chi connectivity index (χ4v) is 5.55. The van der Waals surface area contributed by atoms with E-state index in [1.54, 1.807) is 4.90 Å². The van der Waals surface area contributed by atoms with Gasteiger partial charge in [0, 0.05) is 24.5 Å². The zero-order valence-corrected chi connectivity index (χ0v) is 15.9. The molecule has 2 N–H and O–H groups in total. The van der Waals surface area contributed by atoms with Crippen molar-refractivity contribution in [3.05, 3.63) is 18.1 Å². The monoisotopic (exact) mass is 396 g/mol. The van der Waals surface area contributed by atoms with Crippen LogP contribution in [0.3, 0.4) is 0 Å². The summed E-state index contributed by atoms with van der Waals surface area (Å²) < 4.78 is 28.9. The van der Waals surface area contributed by atoms with Crippen molar-refractivity contribution in [3.63, 3.8) is 0 Å². The smallest absolute Gasteiger partial charge is 0.361 e. The van der Waals surface area contributed by atoms with Crippen LogP contribution in [0.2, 0.25) is 0 Å². The molecule has 3 rings (SSSR count). The zero-order valence-electron chi connectivity index (χ0n) is 15.0. The van der Waals surface area contributed by atoms with Gasteiger partial charge in [-0.2, -0.15) is 0 Å². The standard InChI is InChI=1S/C17H24N4O5S/c18-16-15(19-7-8-20-16)17(23)26-10-14(22)21(12-4-2-1-3-5-12)13-6-9-27(24,25)11-13/h7-8,12-13H,1-6,9-11H2,(H2,18,20). The molecule has 1 saturated heterocycles. The fourth-order valence-electron chi connectivity index (χ4n) is 3.84. The van der Waals surface area contributed by atoms with E-state index >= 15 is 0 Å². The number of hydrogen-bond acceptors (Lipinski definition) is 8. The third-order valence-electron chi connectivity index (χ3n) is 5.10. The number of carbonyl (C=O) groups is 2. The lowest BCUT2D eigenvalue weighted by molar-refractivity contribution is -0.140. The van der Waals surface area contributed by atoms with Gasteiger partial charge in [0.2, 0.25) is 0 Å². The van der Waals surface area contributed by atoms with Gasteiger partial charge in [-0.3, -0.25) is 4.79 Å². The second-order valence-corrected chi connectivity index (χ2v) is 9.24. The molecule has 2 heterocycles. The Morgan fingerprint density at radius 1 is 1.11 bits per heavy atom. The molecule has 0 aromatic carbocycles. The first-order valence-corrected chi connectivity index (χ1v) is 10.9. The minimum atomic E-state index is -3.13. The highest BCUT2D eigenvalue weighted by molar-refractivity contribution is 7.91. The molecule has 1 aliphatic carbocycles. The lowest BCUT2D eigenvalue weighted by Gasteiger charge is -2.38. The van der Waals surface area contributed by atoms with Gasteiger partial charge in [-0.15, -0.1) is 0 Å². The SMILES string of the molecule is Nc1nccnc1C(=O)OCC(=O)N(C1CCCCC1)C1CCS(=O)(=O)C1. The molecule has 0 bridgehead atoms. The average molecular weight is 396 g/mol. The van der Waals surface area contributed by atoms with Crippen LogP contribution in [0, 0.1) is 0 Å². The number of nitrogens with two attached hydrogens (primary N) is 1. The number of nitrogen functional groups attached to an aromatic ring is 1. The van der Waals surface area contributed by atoms with Crippen molar-refractivity contribution in [1.29, 1.82) is 0 Å². The largest absolute Gasteiger partial charge is 0.451 e. The van der Waals surface area contributed by atoms with E-state index < -0.39 is 22.4 Å². The number of nitrogens with zero attached hydrogens (tertiary/aromatic N) is 3. The third-order valence-corrected chi connectivity index (χ3v) is 6.85. The Morgan fingerprint density at radius 2 is 1.81 bits per heavy atom. The topological polar surface area (TPSA) is 133 Å². The first-order valence-electron chi connectivity index (χ1n) is 9.12. The van der Waals surface area contributed by atoms with Crippen LogP contribution in [-0.2, 0) is 19.4 Å². The molecule has 10 heteroatoms. The molecule has 1 unspecified atom stereocenters. The highest BCUT2D eigenvalue weighted by atomic mass is 32.2. The maximum absolute atomic E-state index is 12.8. The van der Waals surface area contributed by atoms with E-state index in [4.69, 9.17) is 10.5 Å². The molecule has 2 aliphatic rings. The summed E-state index contributed by atoms with van der Waals surface area (Å²) in [6, 6.07) is -0.365. The number of anilines is 1. The Balaban J connectivity index is 1.69. The molecular formula is C17H24N4O5S. The lowest BCUT2D eigenvalue weighted by Crippen LogP contribution is -2.50. The first-order chi connectivity index (χ1) is 12.9. The Kier molecular flexibility index (Phi) is 5.93. The molecule has 9 nitrogen and oxygen atoms in total. The number of rotatable bonds is 5. The highest BCUT2D eigenvalue weighted by Gasteiger charge is 2.38. The summed E-state index contributed by atoms with van der Waals surface area (Å²) >= 11 is 0. The molecule has 1 aliphatic heterocycles. The number of hydrogen-bond donors (Lipinski definition) is 1. The zero-order chi connectivity index (χ0) is 19.4. The summed E-state index contributed by atoms with van der Waals surface area (Å²) in [5, 5.41) is 0. The van der Waals surface area contributed by atoms with Crippen molar-refractivity contribution in [2.24, 2.45) is 0 Å². The van der Waals surface area contributed by atoms with E-state index in [-0.39, 0.29) is 41.0 Å². The molecule has 1 atom stereocenters. The van der Waals surface area contributed by atoms with Crippen LogP contribution < -0.4 is 5.73 Å².